The fraction of sp³-hybridized carbons (Fsp3) is 0.400. The van der Waals surface area contributed by atoms with Crippen LogP contribution in [0.5, 0.6) is 5.75 Å². The average Bonchev–Trinajstić information content (AvgIpc) is 3.02. The van der Waals surface area contributed by atoms with Crippen molar-refractivity contribution in [2.75, 3.05) is 19.5 Å². The summed E-state index contributed by atoms with van der Waals surface area (Å²) in [6, 6.07) is 1.97. The van der Waals surface area contributed by atoms with Crippen molar-refractivity contribution in [2.45, 2.75) is 26.7 Å². The summed E-state index contributed by atoms with van der Waals surface area (Å²) in [6.07, 6.45) is 0. The lowest BCUT2D eigenvalue weighted by Gasteiger charge is -2.07. The molecule has 2 aromatic heterocycles. The van der Waals surface area contributed by atoms with E-state index in [1.165, 1.54) is 11.3 Å². The highest BCUT2D eigenvalue weighted by Crippen LogP contribution is 2.45. The number of nitrogen functional groups attached to an aromatic ring is 1. The minimum atomic E-state index is -0.350. The van der Waals surface area contributed by atoms with E-state index in [1.807, 2.05) is 11.4 Å². The monoisotopic (exact) mass is 325 g/mol. The number of nitrogens with two attached hydrogens (primary N) is 1. The van der Waals surface area contributed by atoms with Gasteiger partial charge in [-0.05, 0) is 24.5 Å². The molecule has 0 aliphatic heterocycles. The first-order valence-corrected chi connectivity index (χ1v) is 8.41. The van der Waals surface area contributed by atoms with Gasteiger partial charge in [0.2, 0.25) is 0 Å². The van der Waals surface area contributed by atoms with Crippen molar-refractivity contribution in [3.05, 3.63) is 21.9 Å². The highest BCUT2D eigenvalue weighted by Gasteiger charge is 2.25. The zero-order valence-corrected chi connectivity index (χ0v) is 14.2. The predicted octanol–water partition coefficient (Wildman–Crippen LogP) is 4.37. The predicted molar refractivity (Wildman–Crippen MR) is 88.6 cm³/mol. The summed E-state index contributed by atoms with van der Waals surface area (Å²) in [5.74, 6) is 0.693. The van der Waals surface area contributed by atoms with Gasteiger partial charge < -0.3 is 15.2 Å². The Hall–Kier alpha value is -1.53. The van der Waals surface area contributed by atoms with Gasteiger partial charge >= 0.3 is 5.97 Å². The van der Waals surface area contributed by atoms with Crippen molar-refractivity contribution in [1.29, 1.82) is 0 Å². The van der Waals surface area contributed by atoms with E-state index in [0.717, 1.165) is 21.1 Å². The highest BCUT2D eigenvalue weighted by molar-refractivity contribution is 7.23. The van der Waals surface area contributed by atoms with Gasteiger partial charge in [-0.15, -0.1) is 22.7 Å². The molecule has 0 fully saturated rings. The summed E-state index contributed by atoms with van der Waals surface area (Å²) in [5.41, 5.74) is 7.74. The van der Waals surface area contributed by atoms with Gasteiger partial charge in [0.15, 0.2) is 0 Å². The van der Waals surface area contributed by atoms with E-state index in [2.05, 4.69) is 13.8 Å². The molecular weight excluding hydrogens is 306 g/mol. The molecule has 0 unspecified atom stereocenters. The SMILES string of the molecule is CCOC(=O)c1sc(-c2cc(OC)cs2)c(C(C)C)c1N. The maximum atomic E-state index is 12.0. The number of anilines is 1. The summed E-state index contributed by atoms with van der Waals surface area (Å²) in [7, 11) is 1.64. The Balaban J connectivity index is 2.54. The molecule has 0 spiro atoms. The van der Waals surface area contributed by atoms with Crippen LogP contribution in [0, 0.1) is 0 Å². The number of esters is 1. The zero-order valence-electron chi connectivity index (χ0n) is 12.6. The molecule has 0 aliphatic carbocycles. The Bertz CT molecular complexity index is 643. The Kier molecular flexibility index (Phi) is 4.90. The van der Waals surface area contributed by atoms with Gasteiger partial charge in [-0.25, -0.2) is 4.79 Å². The Morgan fingerprint density at radius 1 is 1.43 bits per heavy atom. The second kappa shape index (κ2) is 6.49. The third-order valence-corrected chi connectivity index (χ3v) is 5.35. The molecule has 114 valence electrons. The van der Waals surface area contributed by atoms with Crippen molar-refractivity contribution >= 4 is 34.3 Å². The van der Waals surface area contributed by atoms with E-state index in [9.17, 15) is 4.79 Å². The van der Waals surface area contributed by atoms with E-state index < -0.39 is 0 Å². The molecular formula is C15H19NO3S2. The van der Waals surface area contributed by atoms with Crippen molar-refractivity contribution < 1.29 is 14.3 Å². The van der Waals surface area contributed by atoms with Crippen molar-refractivity contribution in [1.82, 2.24) is 0 Å². The third-order valence-electron chi connectivity index (χ3n) is 3.06. The van der Waals surface area contributed by atoms with Gasteiger partial charge in [0, 0.05) is 10.3 Å². The number of carbonyl (C=O) groups is 1. The largest absolute Gasteiger partial charge is 0.496 e. The first-order valence-electron chi connectivity index (χ1n) is 6.71. The molecule has 0 amide bonds. The second-order valence-corrected chi connectivity index (χ2v) is 6.75. The normalized spacial score (nSPS) is 10.9. The molecule has 0 aliphatic rings. The van der Waals surface area contributed by atoms with Crippen molar-refractivity contribution in [2.24, 2.45) is 0 Å². The van der Waals surface area contributed by atoms with Crippen LogP contribution in [0.2, 0.25) is 0 Å². The van der Waals surface area contributed by atoms with Crippen LogP contribution in [0.4, 0.5) is 5.69 Å². The lowest BCUT2D eigenvalue weighted by Crippen LogP contribution is -2.06. The number of carbonyl (C=O) groups excluding carboxylic acids is 1. The maximum Gasteiger partial charge on any atom is 0.350 e. The lowest BCUT2D eigenvalue weighted by atomic mass is 10.0. The Morgan fingerprint density at radius 3 is 2.67 bits per heavy atom. The van der Waals surface area contributed by atoms with Crippen molar-refractivity contribution in [3.8, 4) is 15.5 Å². The quantitative estimate of drug-likeness (QED) is 0.829. The van der Waals surface area contributed by atoms with E-state index in [1.54, 1.807) is 25.4 Å². The lowest BCUT2D eigenvalue weighted by molar-refractivity contribution is 0.0533. The standard InChI is InChI=1S/C15H19NO3S2/c1-5-19-15(17)14-12(16)11(8(2)3)13(21-14)10-6-9(18-4)7-20-10/h6-8H,5,16H2,1-4H3. The van der Waals surface area contributed by atoms with Gasteiger partial charge in [0.05, 0.1) is 24.3 Å². The summed E-state index contributed by atoms with van der Waals surface area (Å²) in [4.78, 5) is 14.6. The minimum absolute atomic E-state index is 0.229. The van der Waals surface area contributed by atoms with Gasteiger partial charge in [0.25, 0.3) is 0 Å². The van der Waals surface area contributed by atoms with E-state index in [0.29, 0.717) is 17.2 Å². The molecule has 4 nitrogen and oxygen atoms in total. The number of thiophene rings is 2. The fourth-order valence-electron chi connectivity index (χ4n) is 2.11. The minimum Gasteiger partial charge on any atom is -0.496 e. The Labute approximate surface area is 132 Å². The van der Waals surface area contributed by atoms with Crippen LogP contribution in [0.25, 0.3) is 9.75 Å². The number of rotatable bonds is 5. The second-order valence-electron chi connectivity index (χ2n) is 4.81. The molecule has 0 radical (unpaired) electrons. The molecule has 0 saturated carbocycles. The molecule has 21 heavy (non-hydrogen) atoms. The smallest absolute Gasteiger partial charge is 0.350 e. The Morgan fingerprint density at radius 2 is 2.14 bits per heavy atom. The third kappa shape index (κ3) is 3.06. The van der Waals surface area contributed by atoms with Gasteiger partial charge in [-0.3, -0.25) is 0 Å². The molecule has 0 atom stereocenters. The van der Waals surface area contributed by atoms with E-state index in [4.69, 9.17) is 15.2 Å². The molecule has 6 heteroatoms. The van der Waals surface area contributed by atoms with Gasteiger partial charge in [0.1, 0.15) is 10.6 Å². The van der Waals surface area contributed by atoms with E-state index >= 15 is 0 Å². The van der Waals surface area contributed by atoms with Gasteiger partial charge in [-0.2, -0.15) is 0 Å². The van der Waals surface area contributed by atoms with Crippen LogP contribution >= 0.6 is 22.7 Å². The van der Waals surface area contributed by atoms with E-state index in [-0.39, 0.29) is 11.9 Å². The summed E-state index contributed by atoms with van der Waals surface area (Å²) < 4.78 is 10.3. The summed E-state index contributed by atoms with van der Waals surface area (Å²) in [6.45, 7) is 6.27. The highest BCUT2D eigenvalue weighted by atomic mass is 32.1. The molecule has 2 rings (SSSR count). The summed E-state index contributed by atoms with van der Waals surface area (Å²) >= 11 is 2.98. The maximum absolute atomic E-state index is 12.0. The molecule has 0 saturated heterocycles. The topological polar surface area (TPSA) is 61.5 Å². The van der Waals surface area contributed by atoms with Gasteiger partial charge in [-0.1, -0.05) is 13.8 Å². The molecule has 2 N–H and O–H groups in total. The van der Waals surface area contributed by atoms with Crippen molar-refractivity contribution in [3.63, 3.8) is 0 Å². The molecule has 0 bridgehead atoms. The number of methoxy groups -OCH3 is 1. The van der Waals surface area contributed by atoms with Crippen LogP contribution in [0.1, 0.15) is 41.9 Å². The number of ether oxygens (including phenoxy) is 2. The molecule has 2 heterocycles. The average molecular weight is 325 g/mol. The van der Waals surface area contributed by atoms with Crippen LogP contribution in [-0.4, -0.2) is 19.7 Å². The number of hydrogen-bond acceptors (Lipinski definition) is 6. The fourth-order valence-corrected chi connectivity index (χ4v) is 4.37. The first-order chi connectivity index (χ1) is 9.99. The zero-order chi connectivity index (χ0) is 15.6. The van der Waals surface area contributed by atoms with Crippen LogP contribution in [-0.2, 0) is 4.74 Å². The van der Waals surface area contributed by atoms with Crippen LogP contribution in [0.15, 0.2) is 11.4 Å². The first kappa shape index (κ1) is 15.9. The molecule has 0 aromatic carbocycles. The number of hydrogen-bond donors (Lipinski definition) is 1. The van der Waals surface area contributed by atoms with Crippen LogP contribution < -0.4 is 10.5 Å². The molecule has 2 aromatic rings. The summed E-state index contributed by atoms with van der Waals surface area (Å²) in [5, 5.41) is 1.94. The van der Waals surface area contributed by atoms with Crippen LogP contribution in [0.3, 0.4) is 0 Å².